The van der Waals surface area contributed by atoms with Crippen LogP contribution in [-0.4, -0.2) is 44.9 Å². The third-order valence-electron chi connectivity index (χ3n) is 4.56. The number of anilines is 1. The van der Waals surface area contributed by atoms with Crippen molar-refractivity contribution in [2.75, 3.05) is 19.4 Å². The van der Waals surface area contributed by atoms with Crippen molar-refractivity contribution in [3.63, 3.8) is 0 Å². The van der Waals surface area contributed by atoms with Crippen LogP contribution in [0.25, 0.3) is 5.82 Å². The second-order valence-electron chi connectivity index (χ2n) is 6.13. The highest BCUT2D eigenvalue weighted by atomic mass is 16.6. The molecular weight excluding hydrogens is 338 g/mol. The fourth-order valence-corrected chi connectivity index (χ4v) is 3.25. The number of carbonyl (C=O) groups excluding carboxylic acids is 1. The van der Waals surface area contributed by atoms with Gasteiger partial charge in [-0.05, 0) is 15.9 Å². The topological polar surface area (TPSA) is 126 Å². The summed E-state index contributed by atoms with van der Waals surface area (Å²) < 4.78 is 10.9. The van der Waals surface area contributed by atoms with Gasteiger partial charge in [-0.1, -0.05) is 29.5 Å². The van der Waals surface area contributed by atoms with Gasteiger partial charge in [0.1, 0.15) is 18.8 Å². The quantitative estimate of drug-likeness (QED) is 0.580. The summed E-state index contributed by atoms with van der Waals surface area (Å²) in [6.45, 7) is 2.28. The number of methoxy groups -OCH3 is 1. The Bertz CT molecular complexity index is 949. The lowest BCUT2D eigenvalue weighted by Crippen LogP contribution is -3.10. The number of ether oxygens (including phenoxy) is 1. The number of nitrogens with zero attached hydrogens (tertiary/aromatic N) is 5. The van der Waals surface area contributed by atoms with Crippen LogP contribution in [0.1, 0.15) is 27.3 Å². The summed E-state index contributed by atoms with van der Waals surface area (Å²) >= 11 is 0. The molecule has 0 saturated carbocycles. The van der Waals surface area contributed by atoms with Crippen molar-refractivity contribution in [3.05, 3.63) is 46.8 Å². The number of fused-ring (bicyclic) bond motifs is 1. The summed E-state index contributed by atoms with van der Waals surface area (Å²) in [5, 5.41) is 15.3. The molecule has 0 amide bonds. The molecule has 1 aliphatic rings. The Morgan fingerprint density at radius 3 is 2.88 bits per heavy atom. The van der Waals surface area contributed by atoms with Crippen LogP contribution in [0.3, 0.4) is 0 Å². The Hall–Kier alpha value is -3.27. The zero-order valence-corrected chi connectivity index (χ0v) is 14.2. The number of quaternary nitrogens is 1. The van der Waals surface area contributed by atoms with Gasteiger partial charge >= 0.3 is 5.97 Å². The first-order valence-corrected chi connectivity index (χ1v) is 8.19. The van der Waals surface area contributed by atoms with Crippen LogP contribution in [0.15, 0.2) is 28.9 Å². The minimum Gasteiger partial charge on any atom is -0.464 e. The first-order valence-electron chi connectivity index (χ1n) is 8.19. The van der Waals surface area contributed by atoms with Crippen molar-refractivity contribution in [2.45, 2.75) is 19.5 Å². The molecule has 1 atom stereocenters. The highest BCUT2D eigenvalue weighted by Crippen LogP contribution is 2.16. The number of nitrogen functional groups attached to an aromatic ring is 1. The lowest BCUT2D eigenvalue weighted by Gasteiger charge is -2.25. The average molecular weight is 356 g/mol. The second kappa shape index (κ2) is 6.56. The maximum atomic E-state index is 12.1. The lowest BCUT2D eigenvalue weighted by atomic mass is 10.00. The summed E-state index contributed by atoms with van der Waals surface area (Å²) in [5.41, 5.74) is 9.14. The SMILES string of the molecule is COC(=O)c1nnn(-c2nonc2N)c1C[NH+]1CCc2ccccc2C1. The van der Waals surface area contributed by atoms with Gasteiger partial charge in [-0.2, -0.15) is 4.68 Å². The van der Waals surface area contributed by atoms with Gasteiger partial charge in [-0.3, -0.25) is 0 Å². The summed E-state index contributed by atoms with van der Waals surface area (Å²) in [4.78, 5) is 13.4. The van der Waals surface area contributed by atoms with Crippen LogP contribution >= 0.6 is 0 Å². The first-order chi connectivity index (χ1) is 12.7. The molecule has 3 N–H and O–H groups in total. The van der Waals surface area contributed by atoms with Crippen LogP contribution in [-0.2, 0) is 24.2 Å². The Balaban J connectivity index is 1.68. The molecule has 26 heavy (non-hydrogen) atoms. The van der Waals surface area contributed by atoms with E-state index in [-0.39, 0.29) is 17.3 Å². The third-order valence-corrected chi connectivity index (χ3v) is 4.56. The molecule has 0 fully saturated rings. The van der Waals surface area contributed by atoms with Crippen LogP contribution in [0.2, 0.25) is 0 Å². The van der Waals surface area contributed by atoms with E-state index in [2.05, 4.69) is 43.5 Å². The molecule has 0 spiro atoms. The van der Waals surface area contributed by atoms with E-state index < -0.39 is 5.97 Å². The number of benzene rings is 1. The van der Waals surface area contributed by atoms with Gasteiger partial charge in [0, 0.05) is 12.0 Å². The number of carbonyl (C=O) groups is 1. The van der Waals surface area contributed by atoms with Crippen molar-refractivity contribution in [1.82, 2.24) is 25.3 Å². The maximum absolute atomic E-state index is 12.1. The Kier molecular flexibility index (Phi) is 4.09. The molecule has 1 unspecified atom stereocenters. The highest BCUT2D eigenvalue weighted by molar-refractivity contribution is 5.88. The second-order valence-corrected chi connectivity index (χ2v) is 6.13. The fraction of sp³-hybridized carbons (Fsp3) is 0.312. The molecule has 134 valence electrons. The number of aromatic nitrogens is 5. The molecule has 3 aromatic rings. The molecule has 1 aromatic carbocycles. The van der Waals surface area contributed by atoms with E-state index in [1.165, 1.54) is 27.8 Å². The predicted octanol–water partition coefficient (Wildman–Crippen LogP) is -0.840. The van der Waals surface area contributed by atoms with E-state index in [9.17, 15) is 4.79 Å². The minimum atomic E-state index is -0.557. The molecule has 2 aromatic heterocycles. The number of esters is 1. The molecule has 3 heterocycles. The largest absolute Gasteiger partial charge is 0.464 e. The molecule has 10 nitrogen and oxygen atoms in total. The normalized spacial score (nSPS) is 16.3. The number of hydrogen-bond acceptors (Lipinski definition) is 8. The van der Waals surface area contributed by atoms with Gasteiger partial charge in [-0.25, -0.2) is 9.42 Å². The van der Waals surface area contributed by atoms with E-state index in [0.29, 0.717) is 12.2 Å². The third kappa shape index (κ3) is 2.80. The van der Waals surface area contributed by atoms with Crippen molar-refractivity contribution in [2.24, 2.45) is 0 Å². The first kappa shape index (κ1) is 16.2. The van der Waals surface area contributed by atoms with E-state index in [1.807, 2.05) is 6.07 Å². The van der Waals surface area contributed by atoms with Crippen molar-refractivity contribution >= 4 is 11.8 Å². The number of nitrogens with one attached hydrogen (secondary N) is 1. The summed E-state index contributed by atoms with van der Waals surface area (Å²) in [6.07, 6.45) is 0.967. The van der Waals surface area contributed by atoms with E-state index >= 15 is 0 Å². The molecule has 4 rings (SSSR count). The van der Waals surface area contributed by atoms with E-state index in [1.54, 1.807) is 0 Å². The summed E-state index contributed by atoms with van der Waals surface area (Å²) in [7, 11) is 1.31. The average Bonchev–Trinajstić information content (AvgIpc) is 3.27. The van der Waals surface area contributed by atoms with Crippen LogP contribution in [0, 0.1) is 0 Å². The van der Waals surface area contributed by atoms with Gasteiger partial charge in [0.2, 0.25) is 11.6 Å². The van der Waals surface area contributed by atoms with Gasteiger partial charge in [-0.15, -0.1) is 5.10 Å². The van der Waals surface area contributed by atoms with Crippen molar-refractivity contribution in [1.29, 1.82) is 0 Å². The van der Waals surface area contributed by atoms with Gasteiger partial charge in [0.15, 0.2) is 5.69 Å². The number of hydrogen-bond donors (Lipinski definition) is 2. The Morgan fingerprint density at radius 2 is 2.15 bits per heavy atom. The molecular formula is C16H18N7O3+. The lowest BCUT2D eigenvalue weighted by molar-refractivity contribution is -0.929. The number of nitrogens with two attached hydrogens (primary N) is 1. The van der Waals surface area contributed by atoms with Crippen LogP contribution in [0.5, 0.6) is 0 Å². The fourth-order valence-electron chi connectivity index (χ4n) is 3.25. The summed E-state index contributed by atoms with van der Waals surface area (Å²) in [6, 6.07) is 8.37. The van der Waals surface area contributed by atoms with Gasteiger partial charge in [0.25, 0.3) is 0 Å². The molecule has 0 radical (unpaired) electrons. The van der Waals surface area contributed by atoms with Crippen molar-refractivity contribution < 1.29 is 19.1 Å². The van der Waals surface area contributed by atoms with Crippen molar-refractivity contribution in [3.8, 4) is 5.82 Å². The zero-order valence-electron chi connectivity index (χ0n) is 14.2. The molecule has 0 aliphatic carbocycles. The zero-order chi connectivity index (χ0) is 18.1. The Labute approximate surface area is 148 Å². The van der Waals surface area contributed by atoms with E-state index in [4.69, 9.17) is 10.5 Å². The minimum absolute atomic E-state index is 0.0755. The van der Waals surface area contributed by atoms with Crippen LogP contribution < -0.4 is 10.6 Å². The predicted molar refractivity (Wildman–Crippen MR) is 88.4 cm³/mol. The maximum Gasteiger partial charge on any atom is 0.360 e. The Morgan fingerprint density at radius 1 is 1.35 bits per heavy atom. The van der Waals surface area contributed by atoms with Gasteiger partial charge < -0.3 is 15.4 Å². The molecule has 10 heteroatoms. The molecule has 0 saturated heterocycles. The molecule has 0 bridgehead atoms. The summed E-state index contributed by atoms with van der Waals surface area (Å²) in [5.74, 6) is -0.274. The molecule has 1 aliphatic heterocycles. The van der Waals surface area contributed by atoms with Gasteiger partial charge in [0.05, 0.1) is 13.7 Å². The van der Waals surface area contributed by atoms with E-state index in [0.717, 1.165) is 19.5 Å². The number of rotatable bonds is 4. The standard InChI is InChI=1S/C16H17N7O3/c1-25-16(24)13-12(23(21-18-13)15-14(17)19-26-20-15)9-22-7-6-10-4-2-3-5-11(10)8-22/h2-5H,6-9H2,1H3,(H2,17,19)/p+1. The highest BCUT2D eigenvalue weighted by Gasteiger charge is 2.29. The smallest absolute Gasteiger partial charge is 0.360 e. The monoisotopic (exact) mass is 356 g/mol. The van der Waals surface area contributed by atoms with Crippen LogP contribution in [0.4, 0.5) is 5.82 Å².